The number of nitrogens with one attached hydrogen (secondary N) is 3. The Balaban J connectivity index is 1.72. The van der Waals surface area contributed by atoms with Gasteiger partial charge in [0.25, 0.3) is 5.56 Å². The first-order chi connectivity index (χ1) is 11.2. The Morgan fingerprint density at radius 1 is 1.30 bits per heavy atom. The van der Waals surface area contributed by atoms with Crippen molar-refractivity contribution in [2.45, 2.75) is 20.0 Å². The van der Waals surface area contributed by atoms with Gasteiger partial charge in [-0.1, -0.05) is 31.2 Å². The predicted octanol–water partition coefficient (Wildman–Crippen LogP) is 1.71. The van der Waals surface area contributed by atoms with E-state index in [-0.39, 0.29) is 5.56 Å². The van der Waals surface area contributed by atoms with Gasteiger partial charge < -0.3 is 10.2 Å². The van der Waals surface area contributed by atoms with E-state index in [1.807, 2.05) is 6.07 Å². The summed E-state index contributed by atoms with van der Waals surface area (Å²) < 4.78 is 0. The first kappa shape index (κ1) is 15.2. The average molecular weight is 312 g/mol. The Labute approximate surface area is 133 Å². The van der Waals surface area contributed by atoms with Gasteiger partial charge in [0.1, 0.15) is 5.39 Å². The summed E-state index contributed by atoms with van der Waals surface area (Å²) in [6.07, 6.45) is 1.47. The Bertz CT molecular complexity index is 853. The highest BCUT2D eigenvalue weighted by Gasteiger charge is 2.05. The monoisotopic (exact) mass is 312 g/mol. The van der Waals surface area contributed by atoms with Crippen LogP contribution in [0.3, 0.4) is 0 Å². The highest BCUT2D eigenvalue weighted by atomic mass is 16.1. The van der Waals surface area contributed by atoms with Crippen LogP contribution in [0.2, 0.25) is 0 Å². The normalized spacial score (nSPS) is 11.3. The second kappa shape index (κ2) is 6.62. The van der Waals surface area contributed by atoms with E-state index in [0.717, 1.165) is 18.7 Å². The molecule has 23 heavy (non-hydrogen) atoms. The Hall–Kier alpha value is -2.67. The number of aromatic amines is 2. The summed E-state index contributed by atoms with van der Waals surface area (Å²) in [5.74, 6) is 0.433. The van der Waals surface area contributed by atoms with Gasteiger partial charge in [0.15, 0.2) is 5.65 Å². The smallest absolute Gasteiger partial charge is 0.263 e. The van der Waals surface area contributed by atoms with Crippen molar-refractivity contribution in [3.8, 4) is 0 Å². The van der Waals surface area contributed by atoms with Gasteiger partial charge >= 0.3 is 0 Å². The molecule has 0 amide bonds. The number of anilines is 1. The molecule has 0 aliphatic heterocycles. The fourth-order valence-electron chi connectivity index (χ4n) is 2.38. The molecule has 7 heteroatoms. The highest BCUT2D eigenvalue weighted by molar-refractivity contribution is 5.73. The first-order valence-corrected chi connectivity index (χ1v) is 7.59. The minimum atomic E-state index is -0.204. The first-order valence-electron chi connectivity index (χ1n) is 7.59. The molecule has 0 radical (unpaired) electrons. The molecule has 0 saturated carbocycles. The molecular formula is C16H20N6O. The number of nitrogens with zero attached hydrogens (tertiary/aromatic N) is 3. The second-order valence-electron chi connectivity index (χ2n) is 5.55. The molecule has 3 N–H and O–H groups in total. The van der Waals surface area contributed by atoms with Crippen molar-refractivity contribution in [1.82, 2.24) is 25.1 Å². The lowest BCUT2D eigenvalue weighted by Gasteiger charge is -2.14. The van der Waals surface area contributed by atoms with E-state index in [9.17, 15) is 4.79 Å². The summed E-state index contributed by atoms with van der Waals surface area (Å²) in [5.41, 5.74) is 2.68. The molecule has 0 atom stereocenters. The summed E-state index contributed by atoms with van der Waals surface area (Å²) in [5, 5.41) is 10.1. The molecular weight excluding hydrogens is 292 g/mol. The Kier molecular flexibility index (Phi) is 4.38. The molecule has 120 valence electrons. The number of hydrogen-bond acceptors (Lipinski definition) is 5. The van der Waals surface area contributed by atoms with E-state index in [2.05, 4.69) is 62.6 Å². The fraction of sp³-hybridized carbons (Fsp3) is 0.312. The summed E-state index contributed by atoms with van der Waals surface area (Å²) in [4.78, 5) is 21.1. The topological polar surface area (TPSA) is 89.7 Å². The number of H-pyrrole nitrogens is 2. The SMILES string of the molecule is CCN(C)Cc1cccc(CNc2nc3[nH]ncc3c(=O)[nH]2)c1. The van der Waals surface area contributed by atoms with E-state index in [4.69, 9.17) is 0 Å². The van der Waals surface area contributed by atoms with E-state index in [0.29, 0.717) is 23.5 Å². The van der Waals surface area contributed by atoms with Gasteiger partial charge in [-0.25, -0.2) is 0 Å². The van der Waals surface area contributed by atoms with Gasteiger partial charge in [0, 0.05) is 13.1 Å². The molecule has 0 saturated heterocycles. The highest BCUT2D eigenvalue weighted by Crippen LogP contribution is 2.10. The van der Waals surface area contributed by atoms with Gasteiger partial charge in [-0.15, -0.1) is 0 Å². The fourth-order valence-corrected chi connectivity index (χ4v) is 2.38. The van der Waals surface area contributed by atoms with Crippen molar-refractivity contribution >= 4 is 17.0 Å². The molecule has 0 bridgehead atoms. The minimum absolute atomic E-state index is 0.204. The van der Waals surface area contributed by atoms with E-state index >= 15 is 0 Å². The van der Waals surface area contributed by atoms with Gasteiger partial charge in [-0.05, 0) is 24.7 Å². The molecule has 3 rings (SSSR count). The van der Waals surface area contributed by atoms with Gasteiger partial charge in [0.2, 0.25) is 5.95 Å². The van der Waals surface area contributed by atoms with Crippen molar-refractivity contribution in [3.63, 3.8) is 0 Å². The van der Waals surface area contributed by atoms with Crippen molar-refractivity contribution < 1.29 is 0 Å². The third-order valence-electron chi connectivity index (χ3n) is 3.76. The maximum Gasteiger partial charge on any atom is 0.263 e. The minimum Gasteiger partial charge on any atom is -0.352 e. The van der Waals surface area contributed by atoms with Crippen LogP contribution < -0.4 is 10.9 Å². The van der Waals surface area contributed by atoms with Crippen LogP contribution in [0, 0.1) is 0 Å². The van der Waals surface area contributed by atoms with Crippen LogP contribution in [-0.4, -0.2) is 38.7 Å². The largest absolute Gasteiger partial charge is 0.352 e. The number of fused-ring (bicyclic) bond motifs is 1. The molecule has 0 aliphatic carbocycles. The Morgan fingerprint density at radius 3 is 2.96 bits per heavy atom. The van der Waals surface area contributed by atoms with E-state index < -0.39 is 0 Å². The summed E-state index contributed by atoms with van der Waals surface area (Å²) >= 11 is 0. The third kappa shape index (κ3) is 3.57. The van der Waals surface area contributed by atoms with Crippen LogP contribution >= 0.6 is 0 Å². The molecule has 0 fully saturated rings. The molecule has 1 aromatic carbocycles. The summed E-state index contributed by atoms with van der Waals surface area (Å²) in [6, 6.07) is 8.37. The molecule has 7 nitrogen and oxygen atoms in total. The number of rotatable bonds is 6. The average Bonchev–Trinajstić information content (AvgIpc) is 3.02. The van der Waals surface area contributed by atoms with Crippen LogP contribution in [-0.2, 0) is 13.1 Å². The number of aromatic nitrogens is 4. The van der Waals surface area contributed by atoms with Crippen LogP contribution in [0.5, 0.6) is 0 Å². The Morgan fingerprint density at radius 2 is 2.13 bits per heavy atom. The van der Waals surface area contributed by atoms with Gasteiger partial charge in [-0.2, -0.15) is 10.1 Å². The third-order valence-corrected chi connectivity index (χ3v) is 3.76. The quantitative estimate of drug-likeness (QED) is 0.645. The molecule has 2 heterocycles. The second-order valence-corrected chi connectivity index (χ2v) is 5.55. The molecule has 0 spiro atoms. The van der Waals surface area contributed by atoms with E-state index in [1.165, 1.54) is 11.8 Å². The van der Waals surface area contributed by atoms with Crippen LogP contribution in [0.4, 0.5) is 5.95 Å². The molecule has 3 aromatic rings. The number of hydrogen-bond donors (Lipinski definition) is 3. The lowest BCUT2D eigenvalue weighted by Crippen LogP contribution is -2.17. The van der Waals surface area contributed by atoms with Gasteiger partial charge in [-0.3, -0.25) is 14.9 Å². The maximum atomic E-state index is 11.9. The summed E-state index contributed by atoms with van der Waals surface area (Å²) in [6.45, 7) is 4.66. The van der Waals surface area contributed by atoms with Crippen LogP contribution in [0.1, 0.15) is 18.1 Å². The van der Waals surface area contributed by atoms with Gasteiger partial charge in [0.05, 0.1) is 6.20 Å². The maximum absolute atomic E-state index is 11.9. The van der Waals surface area contributed by atoms with Crippen molar-refractivity contribution in [1.29, 1.82) is 0 Å². The lowest BCUT2D eigenvalue weighted by atomic mass is 10.1. The predicted molar refractivity (Wildman–Crippen MR) is 90.3 cm³/mol. The van der Waals surface area contributed by atoms with Crippen LogP contribution in [0.25, 0.3) is 11.0 Å². The standard InChI is InChI=1S/C16H20N6O/c1-3-22(2)10-12-6-4-5-11(7-12)8-17-16-19-14-13(9-18-21-14)15(23)20-16/h4-7,9H,3,8,10H2,1-2H3,(H3,17,18,19,20,21,23). The van der Waals surface area contributed by atoms with Crippen molar-refractivity contribution in [3.05, 3.63) is 51.9 Å². The van der Waals surface area contributed by atoms with Crippen LogP contribution in [0.15, 0.2) is 35.3 Å². The van der Waals surface area contributed by atoms with Crippen molar-refractivity contribution in [2.24, 2.45) is 0 Å². The zero-order valence-corrected chi connectivity index (χ0v) is 13.3. The number of benzene rings is 1. The zero-order chi connectivity index (χ0) is 16.2. The van der Waals surface area contributed by atoms with Crippen molar-refractivity contribution in [2.75, 3.05) is 18.9 Å². The molecule has 2 aromatic heterocycles. The molecule has 0 unspecified atom stereocenters. The lowest BCUT2D eigenvalue weighted by molar-refractivity contribution is 0.345. The van der Waals surface area contributed by atoms with E-state index in [1.54, 1.807) is 0 Å². The molecule has 0 aliphatic rings. The zero-order valence-electron chi connectivity index (χ0n) is 13.3. The summed E-state index contributed by atoms with van der Waals surface area (Å²) in [7, 11) is 2.10.